The summed E-state index contributed by atoms with van der Waals surface area (Å²) < 4.78 is 42.0. The van der Waals surface area contributed by atoms with Crippen molar-refractivity contribution in [2.45, 2.75) is 32.0 Å². The molecule has 0 unspecified atom stereocenters. The van der Waals surface area contributed by atoms with Crippen LogP contribution in [-0.4, -0.2) is 30.7 Å². The predicted octanol–water partition coefficient (Wildman–Crippen LogP) is 6.05. The van der Waals surface area contributed by atoms with Crippen LogP contribution in [0, 0.1) is 0 Å². The molecule has 0 spiro atoms. The van der Waals surface area contributed by atoms with E-state index in [9.17, 15) is 13.2 Å². The number of aromatic nitrogens is 1. The van der Waals surface area contributed by atoms with Gasteiger partial charge in [-0.25, -0.2) is 0 Å². The number of benzene rings is 1. The van der Waals surface area contributed by atoms with Crippen LogP contribution in [-0.2, 0) is 12.6 Å². The molecule has 1 atom stereocenters. The molecule has 1 saturated heterocycles. The maximum absolute atomic E-state index is 12.8. The van der Waals surface area contributed by atoms with Crippen LogP contribution < -0.4 is 14.9 Å². The molecule has 33 heavy (non-hydrogen) atoms. The second-order valence-corrected chi connectivity index (χ2v) is 9.57. The predicted molar refractivity (Wildman–Crippen MR) is 129 cm³/mol. The van der Waals surface area contributed by atoms with Gasteiger partial charge in [-0.3, -0.25) is 4.98 Å². The van der Waals surface area contributed by atoms with E-state index in [1.54, 1.807) is 24.1 Å². The van der Waals surface area contributed by atoms with Gasteiger partial charge in [0.15, 0.2) is 0 Å². The fourth-order valence-electron chi connectivity index (χ4n) is 4.61. The molecule has 0 saturated carbocycles. The monoisotopic (exact) mass is 470 g/mol. The molecule has 0 aromatic heterocycles. The summed E-state index contributed by atoms with van der Waals surface area (Å²) in [6, 6.07) is 11.8. The van der Waals surface area contributed by atoms with Gasteiger partial charge in [0.1, 0.15) is 0 Å². The fraction of sp³-hybridized carbons (Fsp3) is 0.320. The maximum Gasteiger partial charge on any atom is 0.416 e. The quantitative estimate of drug-likeness (QED) is 0.454. The number of allylic oxidation sites excluding steroid dienone is 1. The molecule has 3 aliphatic heterocycles. The Morgan fingerprint density at radius 1 is 1.15 bits per heavy atom. The number of hydrogen-bond acceptors (Lipinski definition) is 5. The van der Waals surface area contributed by atoms with E-state index >= 15 is 0 Å². The number of piperazine rings is 1. The van der Waals surface area contributed by atoms with Crippen LogP contribution in [0.5, 0.6) is 0 Å². The van der Waals surface area contributed by atoms with E-state index in [0.717, 1.165) is 60.7 Å². The van der Waals surface area contributed by atoms with E-state index in [2.05, 4.69) is 34.0 Å². The molecule has 1 aromatic rings. The standard InChI is InChI=1S/C25H25F3N4S/c1-16-14-21-22(31-33-16)20-4-2-3-11-30-23(20)24(21)32-13-12-29-19(15-32)10-7-17-5-8-18(9-6-17)25(26,27)28/h2-6,8-9,11,14,19,29,31H,7,10,12-13,15H2,1H3/t19-/m0/s1. The molecule has 172 valence electrons. The van der Waals surface area contributed by atoms with Crippen molar-refractivity contribution in [3.8, 4) is 11.3 Å². The summed E-state index contributed by atoms with van der Waals surface area (Å²) >= 11 is 1.62. The van der Waals surface area contributed by atoms with Crippen molar-refractivity contribution < 1.29 is 13.2 Å². The van der Waals surface area contributed by atoms with Crippen molar-refractivity contribution in [2.75, 3.05) is 29.3 Å². The molecule has 0 bridgehead atoms. The highest BCUT2D eigenvalue weighted by molar-refractivity contribution is 8.04. The average molecular weight is 471 g/mol. The Labute approximate surface area is 195 Å². The van der Waals surface area contributed by atoms with Crippen LogP contribution in [0.3, 0.4) is 0 Å². The van der Waals surface area contributed by atoms with Gasteiger partial charge in [0.25, 0.3) is 0 Å². The molecule has 8 heteroatoms. The lowest BCUT2D eigenvalue weighted by Crippen LogP contribution is -2.51. The topological polar surface area (TPSA) is 40.2 Å². The third-order valence-corrected chi connectivity index (χ3v) is 6.98. The summed E-state index contributed by atoms with van der Waals surface area (Å²) in [6.45, 7) is 4.65. The van der Waals surface area contributed by atoms with Crippen LogP contribution >= 0.6 is 11.9 Å². The number of hydrogen-bond donors (Lipinski definition) is 2. The number of rotatable bonds is 4. The molecule has 0 amide bonds. The minimum absolute atomic E-state index is 0.245. The first kappa shape index (κ1) is 22.1. The Balaban J connectivity index is 1.35. The zero-order valence-electron chi connectivity index (χ0n) is 18.2. The van der Waals surface area contributed by atoms with Gasteiger partial charge >= 0.3 is 6.18 Å². The molecule has 5 rings (SSSR count). The van der Waals surface area contributed by atoms with Gasteiger partial charge in [0.05, 0.1) is 22.6 Å². The van der Waals surface area contributed by atoms with Crippen molar-refractivity contribution in [3.05, 3.63) is 70.3 Å². The summed E-state index contributed by atoms with van der Waals surface area (Å²) in [5, 5.41) is 3.58. The van der Waals surface area contributed by atoms with Gasteiger partial charge < -0.3 is 14.9 Å². The van der Waals surface area contributed by atoms with Gasteiger partial charge in [-0.15, -0.1) is 0 Å². The summed E-state index contributed by atoms with van der Waals surface area (Å²) in [5.74, 6) is 0. The SMILES string of the molecule is CC1=Cc2c(c3ccccnc-3c2N2CCN[C@@H](CCc3ccc(C(F)(F)F)cc3)C2)NS1. The summed E-state index contributed by atoms with van der Waals surface area (Å²) in [6.07, 6.45) is 1.36. The van der Waals surface area contributed by atoms with E-state index in [4.69, 9.17) is 4.98 Å². The lowest BCUT2D eigenvalue weighted by Gasteiger charge is -2.36. The highest BCUT2D eigenvalue weighted by atomic mass is 32.2. The van der Waals surface area contributed by atoms with Crippen LogP contribution in [0.15, 0.2) is 53.6 Å². The Kier molecular flexibility index (Phi) is 5.97. The average Bonchev–Trinajstić information content (AvgIpc) is 2.93. The molecule has 4 nitrogen and oxygen atoms in total. The van der Waals surface area contributed by atoms with Crippen molar-refractivity contribution in [3.63, 3.8) is 0 Å². The number of aryl methyl sites for hydroxylation is 1. The first-order chi connectivity index (χ1) is 15.9. The van der Waals surface area contributed by atoms with E-state index in [-0.39, 0.29) is 6.04 Å². The number of halogens is 3. The van der Waals surface area contributed by atoms with Crippen LogP contribution in [0.4, 0.5) is 24.5 Å². The molecular weight excluding hydrogens is 445 g/mol. The second kappa shape index (κ2) is 8.91. The number of alkyl halides is 3. The molecule has 1 fully saturated rings. The van der Waals surface area contributed by atoms with Crippen molar-refractivity contribution >= 4 is 29.4 Å². The Bertz CT molecular complexity index is 1140. The smallest absolute Gasteiger partial charge is 0.366 e. The molecule has 1 aromatic carbocycles. The van der Waals surface area contributed by atoms with Gasteiger partial charge in [-0.05, 0) is 61.6 Å². The maximum atomic E-state index is 12.8. The highest BCUT2D eigenvalue weighted by Crippen LogP contribution is 2.50. The minimum atomic E-state index is -4.30. The van der Waals surface area contributed by atoms with Gasteiger partial charge in [0, 0.05) is 47.9 Å². The minimum Gasteiger partial charge on any atom is -0.366 e. The van der Waals surface area contributed by atoms with Gasteiger partial charge in [-0.2, -0.15) is 13.2 Å². The van der Waals surface area contributed by atoms with E-state index in [1.165, 1.54) is 22.6 Å². The summed E-state index contributed by atoms with van der Waals surface area (Å²) in [4.78, 5) is 8.38. The Morgan fingerprint density at radius 3 is 2.76 bits per heavy atom. The number of nitrogens with one attached hydrogen (secondary N) is 2. The first-order valence-corrected chi connectivity index (χ1v) is 11.9. The van der Waals surface area contributed by atoms with E-state index in [0.29, 0.717) is 0 Å². The lowest BCUT2D eigenvalue weighted by molar-refractivity contribution is -0.137. The highest BCUT2D eigenvalue weighted by Gasteiger charge is 2.32. The van der Waals surface area contributed by atoms with Crippen LogP contribution in [0.25, 0.3) is 17.3 Å². The van der Waals surface area contributed by atoms with E-state index in [1.807, 2.05) is 18.3 Å². The van der Waals surface area contributed by atoms with Crippen molar-refractivity contribution in [1.82, 2.24) is 10.3 Å². The summed E-state index contributed by atoms with van der Waals surface area (Å²) in [5.41, 5.74) is 5.88. The zero-order valence-corrected chi connectivity index (χ0v) is 19.1. The largest absolute Gasteiger partial charge is 0.416 e. The number of fused-ring (bicyclic) bond motifs is 3. The second-order valence-electron chi connectivity index (χ2n) is 8.52. The number of nitrogens with zero attached hydrogens (tertiary/aromatic N) is 2. The Hall–Kier alpha value is -2.71. The third-order valence-electron chi connectivity index (χ3n) is 6.23. The van der Waals surface area contributed by atoms with Crippen LogP contribution in [0.1, 0.15) is 30.0 Å². The lowest BCUT2D eigenvalue weighted by atomic mass is 10.0. The first-order valence-electron chi connectivity index (χ1n) is 11.1. The molecular formula is C25H25F3N4S. The molecule has 2 N–H and O–H groups in total. The Morgan fingerprint density at radius 2 is 1.97 bits per heavy atom. The molecule has 4 aliphatic rings. The van der Waals surface area contributed by atoms with Crippen LogP contribution in [0.2, 0.25) is 0 Å². The number of anilines is 2. The molecule has 1 aliphatic carbocycles. The summed E-state index contributed by atoms with van der Waals surface area (Å²) in [7, 11) is 0. The van der Waals surface area contributed by atoms with Gasteiger partial charge in [-0.1, -0.05) is 24.3 Å². The van der Waals surface area contributed by atoms with Crippen molar-refractivity contribution in [1.29, 1.82) is 0 Å². The molecule has 0 radical (unpaired) electrons. The van der Waals surface area contributed by atoms with Gasteiger partial charge in [0.2, 0.25) is 0 Å². The van der Waals surface area contributed by atoms with Crippen molar-refractivity contribution in [2.24, 2.45) is 0 Å². The fourth-order valence-corrected chi connectivity index (χ4v) is 5.27. The third kappa shape index (κ3) is 4.54. The van der Waals surface area contributed by atoms with E-state index < -0.39 is 11.7 Å². The zero-order chi connectivity index (χ0) is 23.0. The normalized spacial score (nSPS) is 18.6. The molecule has 3 heterocycles.